The average molecular weight is 338 g/mol. The second-order valence-electron chi connectivity index (χ2n) is 5.88. The number of carbonyl (C=O) groups is 3. The summed E-state index contributed by atoms with van der Waals surface area (Å²) in [4.78, 5) is 37.5. The molecular weight excluding hydrogens is 320 g/mol. The molecule has 1 heterocycles. The number of phenols is 1. The summed E-state index contributed by atoms with van der Waals surface area (Å²) in [6.07, 6.45) is 0.791. The number of ketones is 1. The molecule has 2 aromatic rings. The lowest BCUT2D eigenvalue weighted by atomic mass is 10.1. The summed E-state index contributed by atoms with van der Waals surface area (Å²) < 4.78 is 0. The van der Waals surface area contributed by atoms with Crippen LogP contribution in [0.25, 0.3) is 0 Å². The van der Waals surface area contributed by atoms with Gasteiger partial charge in [-0.1, -0.05) is 12.1 Å². The van der Waals surface area contributed by atoms with Gasteiger partial charge >= 0.3 is 0 Å². The number of anilines is 1. The Bertz CT molecular complexity index is 804. The SMILES string of the molecule is O=C1CCN(C(=O)c2ccc(C(=O)Nc3ccccc3O)cc2)CC1. The topological polar surface area (TPSA) is 86.7 Å². The Labute approximate surface area is 145 Å². The van der Waals surface area contributed by atoms with Crippen LogP contribution in [0.4, 0.5) is 5.69 Å². The van der Waals surface area contributed by atoms with E-state index in [1.54, 1.807) is 47.4 Å². The van der Waals surface area contributed by atoms with E-state index < -0.39 is 0 Å². The van der Waals surface area contributed by atoms with Crippen molar-refractivity contribution in [2.75, 3.05) is 18.4 Å². The molecular formula is C19H18N2O4. The molecule has 0 bridgehead atoms. The summed E-state index contributed by atoms with van der Waals surface area (Å²) in [5.41, 5.74) is 1.19. The number of piperidine rings is 1. The molecule has 1 aliphatic heterocycles. The van der Waals surface area contributed by atoms with E-state index in [-0.39, 0.29) is 23.3 Å². The Balaban J connectivity index is 1.67. The number of rotatable bonds is 3. The van der Waals surface area contributed by atoms with Crippen molar-refractivity contribution in [3.05, 3.63) is 59.7 Å². The molecule has 1 saturated heterocycles. The minimum atomic E-state index is -0.371. The quantitative estimate of drug-likeness (QED) is 0.842. The summed E-state index contributed by atoms with van der Waals surface area (Å²) in [6.45, 7) is 0.875. The highest BCUT2D eigenvalue weighted by atomic mass is 16.3. The zero-order valence-corrected chi connectivity index (χ0v) is 13.6. The lowest BCUT2D eigenvalue weighted by Gasteiger charge is -2.26. The zero-order valence-electron chi connectivity index (χ0n) is 13.6. The van der Waals surface area contributed by atoms with Crippen molar-refractivity contribution in [2.24, 2.45) is 0 Å². The molecule has 25 heavy (non-hydrogen) atoms. The minimum Gasteiger partial charge on any atom is -0.506 e. The molecule has 2 N–H and O–H groups in total. The van der Waals surface area contributed by atoms with Gasteiger partial charge in [0.05, 0.1) is 5.69 Å². The second-order valence-corrected chi connectivity index (χ2v) is 5.88. The van der Waals surface area contributed by atoms with Crippen LogP contribution in [0, 0.1) is 0 Å². The Hall–Kier alpha value is -3.15. The van der Waals surface area contributed by atoms with Crippen molar-refractivity contribution in [3.8, 4) is 5.75 Å². The summed E-state index contributed by atoms with van der Waals surface area (Å²) in [5, 5.41) is 12.3. The van der Waals surface area contributed by atoms with Crippen LogP contribution in [0.3, 0.4) is 0 Å². The molecule has 0 radical (unpaired) electrons. The van der Waals surface area contributed by atoms with Gasteiger partial charge in [0.15, 0.2) is 0 Å². The predicted octanol–water partition coefficient (Wildman–Crippen LogP) is 2.45. The van der Waals surface area contributed by atoms with Crippen molar-refractivity contribution in [3.63, 3.8) is 0 Å². The number of benzene rings is 2. The zero-order chi connectivity index (χ0) is 17.8. The van der Waals surface area contributed by atoms with Gasteiger partial charge in [-0.05, 0) is 36.4 Å². The number of nitrogens with zero attached hydrogens (tertiary/aromatic N) is 1. The van der Waals surface area contributed by atoms with Crippen molar-refractivity contribution in [2.45, 2.75) is 12.8 Å². The van der Waals surface area contributed by atoms with Gasteiger partial charge in [-0.25, -0.2) is 0 Å². The summed E-state index contributed by atoms with van der Waals surface area (Å²) >= 11 is 0. The number of para-hydroxylation sites is 2. The third-order valence-corrected chi connectivity index (χ3v) is 4.15. The van der Waals surface area contributed by atoms with E-state index in [9.17, 15) is 19.5 Å². The number of hydrogen-bond acceptors (Lipinski definition) is 4. The first-order valence-electron chi connectivity index (χ1n) is 8.05. The van der Waals surface area contributed by atoms with Crippen LogP contribution in [0.15, 0.2) is 48.5 Å². The average Bonchev–Trinajstić information content (AvgIpc) is 2.64. The molecule has 3 rings (SSSR count). The molecule has 6 heteroatoms. The Kier molecular flexibility index (Phi) is 4.79. The van der Waals surface area contributed by atoms with E-state index >= 15 is 0 Å². The summed E-state index contributed by atoms with van der Waals surface area (Å²) in [5.74, 6) is -0.341. The third kappa shape index (κ3) is 3.85. The maximum absolute atomic E-state index is 12.4. The van der Waals surface area contributed by atoms with Crippen LogP contribution in [-0.4, -0.2) is 40.7 Å². The highest BCUT2D eigenvalue weighted by molar-refractivity contribution is 6.05. The van der Waals surface area contributed by atoms with Crippen LogP contribution in [0.1, 0.15) is 33.6 Å². The van der Waals surface area contributed by atoms with Crippen molar-refractivity contribution in [1.82, 2.24) is 4.90 Å². The van der Waals surface area contributed by atoms with E-state index in [0.717, 1.165) is 0 Å². The van der Waals surface area contributed by atoms with E-state index in [1.807, 2.05) is 0 Å². The van der Waals surface area contributed by atoms with Gasteiger partial charge in [-0.3, -0.25) is 14.4 Å². The smallest absolute Gasteiger partial charge is 0.255 e. The van der Waals surface area contributed by atoms with Gasteiger partial charge in [0, 0.05) is 37.1 Å². The van der Waals surface area contributed by atoms with E-state index in [1.165, 1.54) is 6.07 Å². The maximum Gasteiger partial charge on any atom is 0.255 e. The number of aromatic hydroxyl groups is 1. The van der Waals surface area contributed by atoms with E-state index in [0.29, 0.717) is 42.7 Å². The molecule has 1 fully saturated rings. The third-order valence-electron chi connectivity index (χ3n) is 4.15. The molecule has 1 aliphatic rings. The highest BCUT2D eigenvalue weighted by Crippen LogP contribution is 2.22. The van der Waals surface area contributed by atoms with Gasteiger partial charge in [0.25, 0.3) is 11.8 Å². The molecule has 0 aliphatic carbocycles. The van der Waals surface area contributed by atoms with Gasteiger partial charge in [-0.15, -0.1) is 0 Å². The number of phenolic OH excluding ortho intramolecular Hbond substituents is 1. The van der Waals surface area contributed by atoms with Gasteiger partial charge in [0.1, 0.15) is 11.5 Å². The fourth-order valence-electron chi connectivity index (χ4n) is 2.68. The Morgan fingerprint density at radius 2 is 1.52 bits per heavy atom. The number of likely N-dealkylation sites (tertiary alicyclic amines) is 1. The molecule has 0 spiro atoms. The molecule has 6 nitrogen and oxygen atoms in total. The maximum atomic E-state index is 12.4. The lowest BCUT2D eigenvalue weighted by molar-refractivity contribution is -0.120. The lowest BCUT2D eigenvalue weighted by Crippen LogP contribution is -2.38. The standard InChI is InChI=1S/C19H18N2O4/c22-15-9-11-21(12-10-15)19(25)14-7-5-13(6-8-14)18(24)20-16-3-1-2-4-17(16)23/h1-8,23H,9-12H2,(H,20,24). The molecule has 0 saturated carbocycles. The van der Waals surface area contributed by atoms with Crippen molar-refractivity contribution < 1.29 is 19.5 Å². The number of carbonyl (C=O) groups excluding carboxylic acids is 3. The first-order chi connectivity index (χ1) is 12.0. The minimum absolute atomic E-state index is 0.0118. The number of nitrogens with one attached hydrogen (secondary N) is 1. The number of hydrogen-bond donors (Lipinski definition) is 2. The Morgan fingerprint density at radius 1 is 0.920 bits per heavy atom. The van der Waals surface area contributed by atoms with Crippen LogP contribution in [-0.2, 0) is 4.79 Å². The van der Waals surface area contributed by atoms with Crippen LogP contribution in [0.2, 0.25) is 0 Å². The highest BCUT2D eigenvalue weighted by Gasteiger charge is 2.22. The van der Waals surface area contributed by atoms with Crippen molar-refractivity contribution in [1.29, 1.82) is 0 Å². The molecule has 128 valence electrons. The number of Topliss-reactive ketones (excluding diaryl/α,β-unsaturated/α-hetero) is 1. The fourth-order valence-corrected chi connectivity index (χ4v) is 2.68. The molecule has 0 atom stereocenters. The molecule has 2 aromatic carbocycles. The molecule has 0 unspecified atom stereocenters. The first-order valence-corrected chi connectivity index (χ1v) is 8.05. The van der Waals surface area contributed by atoms with Gasteiger partial charge in [-0.2, -0.15) is 0 Å². The van der Waals surface area contributed by atoms with Gasteiger partial charge < -0.3 is 15.3 Å². The van der Waals surface area contributed by atoms with Gasteiger partial charge in [0.2, 0.25) is 0 Å². The second kappa shape index (κ2) is 7.17. The molecule has 2 amide bonds. The predicted molar refractivity (Wildman–Crippen MR) is 92.6 cm³/mol. The van der Waals surface area contributed by atoms with Crippen LogP contribution >= 0.6 is 0 Å². The van der Waals surface area contributed by atoms with E-state index in [4.69, 9.17) is 0 Å². The molecule has 0 aromatic heterocycles. The van der Waals surface area contributed by atoms with E-state index in [2.05, 4.69) is 5.32 Å². The summed E-state index contributed by atoms with van der Waals surface area (Å²) in [6, 6.07) is 12.8. The fraction of sp³-hybridized carbons (Fsp3) is 0.211. The van der Waals surface area contributed by atoms with Crippen molar-refractivity contribution >= 4 is 23.3 Å². The first kappa shape index (κ1) is 16.7. The largest absolute Gasteiger partial charge is 0.506 e. The van der Waals surface area contributed by atoms with Crippen LogP contribution < -0.4 is 5.32 Å². The normalized spacial score (nSPS) is 14.2. The number of amides is 2. The monoisotopic (exact) mass is 338 g/mol. The Morgan fingerprint density at radius 3 is 2.16 bits per heavy atom. The summed E-state index contributed by atoms with van der Waals surface area (Å²) in [7, 11) is 0. The van der Waals surface area contributed by atoms with Crippen LogP contribution in [0.5, 0.6) is 5.75 Å².